The predicted octanol–water partition coefficient (Wildman–Crippen LogP) is 3.48. The molecular weight excluding hydrogens is 811 g/mol. The van der Waals surface area contributed by atoms with Gasteiger partial charge in [-0.25, -0.2) is 4.79 Å². The standard InChI is InChI=1S/C46H69N7O10/c1-4-5-6-7-10-37(47)29-48-25-22-40(49-24-9-11-39(56)30-51-31(2)54)42(57)28-36(45(61)50-26-23-41(46(62)63)53-43(58)12-8-13-44(59)60)27-33-14-16-34(17-15-33)35-18-20-38(21-19-35)52-32(3)55/h14-21,36-37,40-41,48-49H,4-13,22-30,47H2,1-3H3,(H,50,61)(H,51,54)(H,52,55)(H,53,58)(H,59,60)(H,62,63)/t36-,37-,40-,41+/m0/s1. The van der Waals surface area contributed by atoms with Gasteiger partial charge in [0.25, 0.3) is 0 Å². The molecule has 0 aliphatic heterocycles. The summed E-state index contributed by atoms with van der Waals surface area (Å²) < 4.78 is 0. The molecular formula is C46H69N7O10. The van der Waals surface area contributed by atoms with Crippen molar-refractivity contribution in [2.24, 2.45) is 11.7 Å². The number of Topliss-reactive ketones (excluding diaryl/α,β-unsaturated/α-hetero) is 2. The van der Waals surface area contributed by atoms with Gasteiger partial charge in [0.2, 0.25) is 23.6 Å². The lowest BCUT2D eigenvalue weighted by atomic mass is 9.89. The van der Waals surface area contributed by atoms with E-state index >= 15 is 0 Å². The summed E-state index contributed by atoms with van der Waals surface area (Å²) in [6.07, 6.45) is 5.85. The van der Waals surface area contributed by atoms with Crippen LogP contribution in [-0.4, -0.2) is 108 Å². The Kier molecular flexibility index (Phi) is 26.0. The van der Waals surface area contributed by atoms with Crippen LogP contribution in [0.3, 0.4) is 0 Å². The van der Waals surface area contributed by atoms with Gasteiger partial charge in [-0.2, -0.15) is 0 Å². The molecule has 0 saturated heterocycles. The number of hydrogen-bond donors (Lipinski definition) is 9. The van der Waals surface area contributed by atoms with Gasteiger partial charge in [-0.05, 0) is 80.4 Å². The number of hydrogen-bond acceptors (Lipinski definition) is 11. The number of nitrogens with two attached hydrogens (primary N) is 1. The molecule has 0 fully saturated rings. The summed E-state index contributed by atoms with van der Waals surface area (Å²) in [5.41, 5.74) is 9.56. The Morgan fingerprint density at radius 2 is 1.35 bits per heavy atom. The van der Waals surface area contributed by atoms with Gasteiger partial charge < -0.3 is 47.8 Å². The quantitative estimate of drug-likeness (QED) is 0.0456. The zero-order valence-electron chi connectivity index (χ0n) is 37.1. The number of unbranched alkanes of at least 4 members (excludes halogenated alkanes) is 3. The van der Waals surface area contributed by atoms with Crippen molar-refractivity contribution in [3.8, 4) is 11.1 Å². The lowest BCUT2D eigenvalue weighted by Gasteiger charge is -2.23. The second kappa shape index (κ2) is 30.5. The number of carboxylic acid groups (broad SMARTS) is 2. The van der Waals surface area contributed by atoms with E-state index in [1.165, 1.54) is 13.8 Å². The first-order valence-corrected chi connectivity index (χ1v) is 22.0. The van der Waals surface area contributed by atoms with Gasteiger partial charge in [0, 0.05) is 70.3 Å². The number of anilines is 1. The van der Waals surface area contributed by atoms with E-state index < -0.39 is 41.8 Å². The summed E-state index contributed by atoms with van der Waals surface area (Å²) in [7, 11) is 0. The number of amides is 4. The Bertz CT molecular complexity index is 1770. The van der Waals surface area contributed by atoms with Crippen LogP contribution in [0.1, 0.15) is 110 Å². The number of nitrogens with one attached hydrogen (secondary N) is 6. The minimum absolute atomic E-state index is 0.0351. The summed E-state index contributed by atoms with van der Waals surface area (Å²) in [4.78, 5) is 98.1. The van der Waals surface area contributed by atoms with E-state index in [4.69, 9.17) is 10.8 Å². The van der Waals surface area contributed by atoms with Crippen LogP contribution < -0.4 is 37.6 Å². The van der Waals surface area contributed by atoms with E-state index in [-0.39, 0.29) is 87.5 Å². The Labute approximate surface area is 370 Å². The molecule has 4 amide bonds. The van der Waals surface area contributed by atoms with Crippen molar-refractivity contribution in [2.75, 3.05) is 38.0 Å². The van der Waals surface area contributed by atoms with Crippen LogP contribution in [-0.2, 0) is 44.8 Å². The molecule has 0 unspecified atom stereocenters. The first kappa shape index (κ1) is 53.6. The molecule has 17 nitrogen and oxygen atoms in total. The zero-order chi connectivity index (χ0) is 46.6. The van der Waals surface area contributed by atoms with E-state index in [2.05, 4.69) is 38.8 Å². The number of ketones is 2. The van der Waals surface area contributed by atoms with Crippen molar-refractivity contribution in [1.82, 2.24) is 26.6 Å². The molecule has 10 N–H and O–H groups in total. The minimum Gasteiger partial charge on any atom is -0.481 e. The van der Waals surface area contributed by atoms with Crippen molar-refractivity contribution in [3.63, 3.8) is 0 Å². The second-order valence-corrected chi connectivity index (χ2v) is 16.0. The SMILES string of the molecule is CCCCCC[C@H](N)CNCC[C@H](NCCCC(=O)CNC(C)=O)C(=O)C[C@H](Cc1ccc(-c2ccc(NC(C)=O)cc2)cc1)C(=O)NCC[C@@H](NC(=O)CCCC(=O)O)C(=O)O. The molecule has 17 heteroatoms. The maximum absolute atomic E-state index is 14.1. The van der Waals surface area contributed by atoms with Gasteiger partial charge in [0.15, 0.2) is 11.6 Å². The fourth-order valence-electron chi connectivity index (χ4n) is 6.84. The van der Waals surface area contributed by atoms with Gasteiger partial charge >= 0.3 is 11.9 Å². The first-order chi connectivity index (χ1) is 30.1. The molecule has 2 aromatic rings. The van der Waals surface area contributed by atoms with Crippen molar-refractivity contribution in [1.29, 1.82) is 0 Å². The summed E-state index contributed by atoms with van der Waals surface area (Å²) in [6.45, 7) is 6.10. The average molecular weight is 880 g/mol. The highest BCUT2D eigenvalue weighted by molar-refractivity contribution is 5.91. The van der Waals surface area contributed by atoms with Gasteiger partial charge in [-0.1, -0.05) is 69.0 Å². The number of carbonyl (C=O) groups excluding carboxylic acids is 6. The van der Waals surface area contributed by atoms with Gasteiger partial charge in [-0.15, -0.1) is 0 Å². The number of rotatable bonds is 34. The molecule has 0 aromatic heterocycles. The molecule has 0 heterocycles. The molecule has 348 valence electrons. The number of benzene rings is 2. The molecule has 2 aromatic carbocycles. The molecule has 2 rings (SSSR count). The van der Waals surface area contributed by atoms with Crippen LogP contribution in [0, 0.1) is 5.92 Å². The lowest BCUT2D eigenvalue weighted by molar-refractivity contribution is -0.142. The van der Waals surface area contributed by atoms with Gasteiger partial charge in [0.1, 0.15) is 6.04 Å². The maximum atomic E-state index is 14.1. The number of carboxylic acids is 2. The molecule has 0 aliphatic carbocycles. The third kappa shape index (κ3) is 24.1. The van der Waals surface area contributed by atoms with Crippen LogP contribution >= 0.6 is 0 Å². The highest BCUT2D eigenvalue weighted by Gasteiger charge is 2.28. The summed E-state index contributed by atoms with van der Waals surface area (Å²) in [5.74, 6) is -5.19. The first-order valence-electron chi connectivity index (χ1n) is 22.0. The van der Waals surface area contributed by atoms with Gasteiger partial charge in [0.05, 0.1) is 12.6 Å². The van der Waals surface area contributed by atoms with E-state index in [9.17, 15) is 43.5 Å². The highest BCUT2D eigenvalue weighted by atomic mass is 16.4. The van der Waals surface area contributed by atoms with E-state index in [0.717, 1.165) is 48.8 Å². The van der Waals surface area contributed by atoms with Crippen LogP contribution in [0.2, 0.25) is 0 Å². The van der Waals surface area contributed by atoms with Crippen LogP contribution in [0.5, 0.6) is 0 Å². The average Bonchev–Trinajstić information content (AvgIpc) is 3.23. The fourth-order valence-corrected chi connectivity index (χ4v) is 6.84. The molecule has 0 radical (unpaired) electrons. The Morgan fingerprint density at radius 1 is 0.683 bits per heavy atom. The molecule has 0 saturated carbocycles. The van der Waals surface area contributed by atoms with Crippen LogP contribution in [0.15, 0.2) is 48.5 Å². The normalized spacial score (nSPS) is 12.9. The van der Waals surface area contributed by atoms with Crippen molar-refractivity contribution >= 4 is 52.8 Å². The molecule has 0 spiro atoms. The molecule has 0 aliphatic rings. The Morgan fingerprint density at radius 3 is 1.97 bits per heavy atom. The zero-order valence-corrected chi connectivity index (χ0v) is 37.1. The summed E-state index contributed by atoms with van der Waals surface area (Å²) in [5, 5.41) is 35.6. The van der Waals surface area contributed by atoms with E-state index in [0.29, 0.717) is 38.2 Å². The predicted molar refractivity (Wildman–Crippen MR) is 241 cm³/mol. The second-order valence-electron chi connectivity index (χ2n) is 16.0. The Balaban J connectivity index is 2.24. The van der Waals surface area contributed by atoms with Crippen molar-refractivity contribution in [3.05, 3.63) is 54.1 Å². The molecule has 63 heavy (non-hydrogen) atoms. The molecule has 0 bridgehead atoms. The maximum Gasteiger partial charge on any atom is 0.326 e. The van der Waals surface area contributed by atoms with Crippen LogP contribution in [0.4, 0.5) is 5.69 Å². The number of carbonyl (C=O) groups is 8. The monoisotopic (exact) mass is 880 g/mol. The van der Waals surface area contributed by atoms with Gasteiger partial charge in [-0.3, -0.25) is 33.6 Å². The van der Waals surface area contributed by atoms with E-state index in [1.54, 1.807) is 12.1 Å². The third-order valence-electron chi connectivity index (χ3n) is 10.3. The Hall–Kier alpha value is -5.52. The van der Waals surface area contributed by atoms with E-state index in [1.807, 2.05) is 36.4 Å². The molecule has 4 atom stereocenters. The fraction of sp³-hybridized carbons (Fsp3) is 0.565. The minimum atomic E-state index is -1.33. The summed E-state index contributed by atoms with van der Waals surface area (Å²) in [6, 6.07) is 12.8. The van der Waals surface area contributed by atoms with Crippen molar-refractivity contribution < 1.29 is 48.6 Å². The summed E-state index contributed by atoms with van der Waals surface area (Å²) >= 11 is 0. The van der Waals surface area contributed by atoms with Crippen molar-refractivity contribution in [2.45, 2.75) is 129 Å². The van der Waals surface area contributed by atoms with Crippen LogP contribution in [0.25, 0.3) is 11.1 Å². The largest absolute Gasteiger partial charge is 0.481 e. The number of aliphatic carboxylic acids is 2. The third-order valence-corrected chi connectivity index (χ3v) is 10.3. The smallest absolute Gasteiger partial charge is 0.326 e. The lowest BCUT2D eigenvalue weighted by Crippen LogP contribution is -2.45. The highest BCUT2D eigenvalue weighted by Crippen LogP contribution is 2.24. The topological polar surface area (TPSA) is 275 Å².